The first-order valence-electron chi connectivity index (χ1n) is 13.1. The van der Waals surface area contributed by atoms with E-state index in [-0.39, 0.29) is 26.1 Å². The van der Waals surface area contributed by atoms with E-state index in [1.807, 2.05) is 54.6 Å². The summed E-state index contributed by atoms with van der Waals surface area (Å²) in [6.45, 7) is 1.02. The molecule has 1 aliphatic heterocycles. The van der Waals surface area contributed by atoms with E-state index in [0.717, 1.165) is 11.1 Å². The molecule has 9 heteroatoms. The fourth-order valence-corrected chi connectivity index (χ4v) is 4.14. The molecule has 2 aromatic carbocycles. The quantitative estimate of drug-likeness (QED) is 0.331. The molecule has 9 nitrogen and oxygen atoms in total. The summed E-state index contributed by atoms with van der Waals surface area (Å²) in [5, 5.41) is 14.5. The topological polar surface area (TPSA) is 131 Å². The van der Waals surface area contributed by atoms with Crippen molar-refractivity contribution >= 4 is 23.8 Å². The van der Waals surface area contributed by atoms with Crippen LogP contribution in [0.15, 0.2) is 72.8 Å². The third-order valence-electron chi connectivity index (χ3n) is 6.37. The Bertz CT molecular complexity index is 1120. The molecule has 1 aliphatic rings. The number of aliphatic hydroxyl groups is 1. The smallest absolute Gasteiger partial charge is 0.332 e. The van der Waals surface area contributed by atoms with E-state index in [9.17, 15) is 24.3 Å². The summed E-state index contributed by atoms with van der Waals surface area (Å²) in [5.41, 5.74) is 1.74. The van der Waals surface area contributed by atoms with Gasteiger partial charge in [-0.05, 0) is 37.3 Å². The summed E-state index contributed by atoms with van der Waals surface area (Å²) in [7, 11) is 0. The molecule has 2 amide bonds. The molecule has 0 fully saturated rings. The summed E-state index contributed by atoms with van der Waals surface area (Å²) in [6.07, 6.45) is 4.49. The number of amides is 2. The summed E-state index contributed by atoms with van der Waals surface area (Å²) >= 11 is 0. The largest absolute Gasteiger partial charge is 0.463 e. The van der Waals surface area contributed by atoms with Crippen LogP contribution in [0.3, 0.4) is 0 Å². The molecule has 3 N–H and O–H groups in total. The van der Waals surface area contributed by atoms with Gasteiger partial charge >= 0.3 is 11.9 Å². The van der Waals surface area contributed by atoms with Crippen LogP contribution < -0.4 is 10.6 Å². The Morgan fingerprint density at radius 2 is 1.62 bits per heavy atom. The van der Waals surface area contributed by atoms with E-state index in [2.05, 4.69) is 10.6 Å². The minimum Gasteiger partial charge on any atom is -0.463 e. The van der Waals surface area contributed by atoms with E-state index >= 15 is 0 Å². The fourth-order valence-electron chi connectivity index (χ4n) is 4.14. The molecule has 3 rings (SSSR count). The molecule has 4 unspecified atom stereocenters. The lowest BCUT2D eigenvalue weighted by Crippen LogP contribution is -2.48. The molecule has 208 valence electrons. The van der Waals surface area contributed by atoms with E-state index in [4.69, 9.17) is 9.47 Å². The van der Waals surface area contributed by atoms with Gasteiger partial charge in [-0.15, -0.1) is 0 Å². The fraction of sp³-hybridized carbons (Fsp3) is 0.400. The SMILES string of the molecule is CC(CO)NC(=O)CC1CC=CCC(Cc2ccccc2)C(=O)OCC(C(=O)OCc2ccccc2)NC1=O. The number of cyclic esters (lactones) is 1. The number of hydrogen-bond donors (Lipinski definition) is 3. The van der Waals surface area contributed by atoms with Crippen LogP contribution in [0.1, 0.15) is 37.3 Å². The zero-order valence-corrected chi connectivity index (χ0v) is 22.1. The molecule has 0 saturated heterocycles. The molecule has 0 bridgehead atoms. The lowest BCUT2D eigenvalue weighted by Gasteiger charge is -2.23. The van der Waals surface area contributed by atoms with Gasteiger partial charge in [0.1, 0.15) is 13.2 Å². The van der Waals surface area contributed by atoms with Gasteiger partial charge in [-0.25, -0.2) is 4.79 Å². The molecule has 0 aliphatic carbocycles. The lowest BCUT2D eigenvalue weighted by atomic mass is 9.94. The number of aliphatic hydroxyl groups excluding tert-OH is 1. The monoisotopic (exact) mass is 536 g/mol. The maximum atomic E-state index is 13.2. The van der Waals surface area contributed by atoms with Gasteiger partial charge in [0.25, 0.3) is 0 Å². The Morgan fingerprint density at radius 3 is 2.26 bits per heavy atom. The lowest BCUT2D eigenvalue weighted by molar-refractivity contribution is -0.157. The van der Waals surface area contributed by atoms with Crippen LogP contribution in [-0.2, 0) is 41.7 Å². The maximum Gasteiger partial charge on any atom is 0.332 e. The van der Waals surface area contributed by atoms with Crippen LogP contribution in [0.4, 0.5) is 0 Å². The van der Waals surface area contributed by atoms with Crippen LogP contribution in [0.2, 0.25) is 0 Å². The zero-order valence-electron chi connectivity index (χ0n) is 22.1. The molecule has 2 aromatic rings. The standard InChI is InChI=1S/C30H36N2O7/c1-21(18-33)31-27(34)17-24-14-8-9-15-25(16-22-10-4-2-5-11-22)29(36)39-20-26(32-28(24)35)30(37)38-19-23-12-6-3-7-13-23/h2-13,21,24-26,33H,14-20H2,1H3,(H,31,34)(H,32,35). The summed E-state index contributed by atoms with van der Waals surface area (Å²) in [5.74, 6) is -3.43. The molecule has 0 spiro atoms. The number of hydrogen-bond acceptors (Lipinski definition) is 7. The van der Waals surface area contributed by atoms with Crippen LogP contribution >= 0.6 is 0 Å². The predicted octanol–water partition coefficient (Wildman–Crippen LogP) is 2.47. The predicted molar refractivity (Wildman–Crippen MR) is 144 cm³/mol. The van der Waals surface area contributed by atoms with Crippen LogP contribution in [0, 0.1) is 11.8 Å². The van der Waals surface area contributed by atoms with Crippen molar-refractivity contribution in [3.05, 3.63) is 83.9 Å². The van der Waals surface area contributed by atoms with Crippen molar-refractivity contribution in [2.24, 2.45) is 11.8 Å². The number of benzene rings is 2. The second-order valence-corrected chi connectivity index (χ2v) is 9.67. The van der Waals surface area contributed by atoms with Crippen molar-refractivity contribution in [2.75, 3.05) is 13.2 Å². The average molecular weight is 537 g/mol. The molecular weight excluding hydrogens is 500 g/mol. The highest BCUT2D eigenvalue weighted by Gasteiger charge is 2.31. The van der Waals surface area contributed by atoms with Crippen LogP contribution in [0.5, 0.6) is 0 Å². The summed E-state index contributed by atoms with van der Waals surface area (Å²) < 4.78 is 10.9. The van der Waals surface area contributed by atoms with E-state index in [0.29, 0.717) is 12.8 Å². The number of carbonyl (C=O) groups is 4. The number of esters is 2. The van der Waals surface area contributed by atoms with E-state index < -0.39 is 54.3 Å². The van der Waals surface area contributed by atoms with Gasteiger partial charge in [-0.1, -0.05) is 72.8 Å². The summed E-state index contributed by atoms with van der Waals surface area (Å²) in [6, 6.07) is 16.9. The Kier molecular flexibility index (Phi) is 11.7. The molecule has 0 radical (unpaired) electrons. The van der Waals surface area contributed by atoms with E-state index in [1.165, 1.54) is 0 Å². The van der Waals surface area contributed by atoms with Crippen molar-refractivity contribution in [1.82, 2.24) is 10.6 Å². The third kappa shape index (κ3) is 10.0. The van der Waals surface area contributed by atoms with Gasteiger partial charge in [0.05, 0.1) is 18.4 Å². The highest BCUT2D eigenvalue weighted by atomic mass is 16.6. The second-order valence-electron chi connectivity index (χ2n) is 9.67. The molecule has 39 heavy (non-hydrogen) atoms. The van der Waals surface area contributed by atoms with Gasteiger partial charge in [0.2, 0.25) is 11.8 Å². The number of nitrogens with one attached hydrogen (secondary N) is 2. The molecule has 1 heterocycles. The second kappa shape index (κ2) is 15.4. The first kappa shape index (κ1) is 29.6. The number of allylic oxidation sites excluding steroid dienone is 2. The Morgan fingerprint density at radius 1 is 1.00 bits per heavy atom. The van der Waals surface area contributed by atoms with Crippen molar-refractivity contribution in [3.63, 3.8) is 0 Å². The minimum atomic E-state index is -1.24. The van der Waals surface area contributed by atoms with Gasteiger partial charge < -0.3 is 25.2 Å². The maximum absolute atomic E-state index is 13.2. The van der Waals surface area contributed by atoms with Crippen molar-refractivity contribution in [1.29, 1.82) is 0 Å². The first-order valence-corrected chi connectivity index (χ1v) is 13.1. The first-order chi connectivity index (χ1) is 18.9. The average Bonchev–Trinajstić information content (AvgIpc) is 2.94. The van der Waals surface area contributed by atoms with Gasteiger partial charge in [0.15, 0.2) is 6.04 Å². The molecule has 4 atom stereocenters. The number of ether oxygens (including phenoxy) is 2. The Labute approximate surface area is 228 Å². The number of rotatable bonds is 9. The molecular formula is C30H36N2O7. The highest BCUT2D eigenvalue weighted by molar-refractivity contribution is 5.89. The normalized spacial score (nSPS) is 20.9. The zero-order chi connectivity index (χ0) is 28.0. The Hall–Kier alpha value is -3.98. The van der Waals surface area contributed by atoms with Crippen LogP contribution in [0.25, 0.3) is 0 Å². The Balaban J connectivity index is 1.78. The molecule has 0 saturated carbocycles. The van der Waals surface area contributed by atoms with Crippen molar-refractivity contribution in [3.8, 4) is 0 Å². The third-order valence-corrected chi connectivity index (χ3v) is 6.37. The number of carbonyl (C=O) groups excluding carboxylic acids is 4. The van der Waals surface area contributed by atoms with E-state index in [1.54, 1.807) is 25.1 Å². The molecule has 0 aromatic heterocycles. The van der Waals surface area contributed by atoms with Crippen LogP contribution in [-0.4, -0.2) is 54.2 Å². The highest BCUT2D eigenvalue weighted by Crippen LogP contribution is 2.18. The van der Waals surface area contributed by atoms with Crippen molar-refractivity contribution in [2.45, 2.75) is 51.3 Å². The minimum absolute atomic E-state index is 0.00968. The summed E-state index contributed by atoms with van der Waals surface area (Å²) in [4.78, 5) is 51.6. The van der Waals surface area contributed by atoms with Gasteiger partial charge in [0, 0.05) is 12.5 Å². The van der Waals surface area contributed by atoms with Crippen molar-refractivity contribution < 1.29 is 33.8 Å². The van der Waals surface area contributed by atoms with Gasteiger partial charge in [-0.3, -0.25) is 14.4 Å². The van der Waals surface area contributed by atoms with Gasteiger partial charge in [-0.2, -0.15) is 0 Å².